The standard InChI is InChI=1S/C19H20N2O4S/c1-20-19(23)16-10-12-21(13-11-16)26(24,25)18-8-4-15(5-9-18)14-2-6-17(22)7-3-14/h2-10,22H,11-13H2,1H3,(H,20,23). The fourth-order valence-corrected chi connectivity index (χ4v) is 4.24. The fourth-order valence-electron chi connectivity index (χ4n) is 2.86. The number of phenolic OH excluding ortho intramolecular Hbond substituents is 1. The summed E-state index contributed by atoms with van der Waals surface area (Å²) in [5.74, 6) is 0.0162. The Labute approximate surface area is 152 Å². The van der Waals surface area contributed by atoms with Crippen molar-refractivity contribution in [3.05, 3.63) is 60.2 Å². The maximum atomic E-state index is 12.8. The molecule has 2 aromatic carbocycles. The highest BCUT2D eigenvalue weighted by Gasteiger charge is 2.27. The SMILES string of the molecule is CNC(=O)C1=CCN(S(=O)(=O)c2ccc(-c3ccc(O)cc3)cc2)CC1. The van der Waals surface area contributed by atoms with Crippen LogP contribution in [0.4, 0.5) is 0 Å². The molecule has 1 heterocycles. The Morgan fingerprint density at radius 3 is 2.12 bits per heavy atom. The average molecular weight is 372 g/mol. The molecule has 0 saturated heterocycles. The largest absolute Gasteiger partial charge is 0.508 e. The number of aromatic hydroxyl groups is 1. The van der Waals surface area contributed by atoms with Crippen LogP contribution in [0.3, 0.4) is 0 Å². The highest BCUT2D eigenvalue weighted by molar-refractivity contribution is 7.89. The summed E-state index contributed by atoms with van der Waals surface area (Å²) in [6, 6.07) is 13.4. The second kappa shape index (κ2) is 7.31. The number of carbonyl (C=O) groups is 1. The number of hydrogen-bond acceptors (Lipinski definition) is 4. The zero-order valence-electron chi connectivity index (χ0n) is 14.3. The van der Waals surface area contributed by atoms with Gasteiger partial charge in [0, 0.05) is 25.7 Å². The van der Waals surface area contributed by atoms with Crippen molar-refractivity contribution in [1.82, 2.24) is 9.62 Å². The number of carbonyl (C=O) groups excluding carboxylic acids is 1. The third-order valence-electron chi connectivity index (χ3n) is 4.38. The Hall–Kier alpha value is -2.64. The molecule has 0 spiro atoms. The summed E-state index contributed by atoms with van der Waals surface area (Å²) in [4.78, 5) is 11.8. The van der Waals surface area contributed by atoms with Crippen LogP contribution in [0.25, 0.3) is 11.1 Å². The molecule has 7 heteroatoms. The van der Waals surface area contributed by atoms with Crippen LogP contribution in [0.5, 0.6) is 5.75 Å². The Balaban J connectivity index is 1.79. The van der Waals surface area contributed by atoms with Crippen LogP contribution in [0.2, 0.25) is 0 Å². The summed E-state index contributed by atoms with van der Waals surface area (Å²) in [6.07, 6.45) is 2.05. The number of nitrogens with one attached hydrogen (secondary N) is 1. The Morgan fingerprint density at radius 2 is 1.62 bits per heavy atom. The van der Waals surface area contributed by atoms with Gasteiger partial charge >= 0.3 is 0 Å². The van der Waals surface area contributed by atoms with E-state index in [1.165, 1.54) is 4.31 Å². The van der Waals surface area contributed by atoms with Gasteiger partial charge in [-0.05, 0) is 41.8 Å². The van der Waals surface area contributed by atoms with Gasteiger partial charge in [-0.2, -0.15) is 4.31 Å². The van der Waals surface area contributed by atoms with Crippen molar-refractivity contribution in [3.8, 4) is 16.9 Å². The summed E-state index contributed by atoms with van der Waals surface area (Å²) in [6.45, 7) is 0.464. The van der Waals surface area contributed by atoms with E-state index in [-0.39, 0.29) is 29.6 Å². The van der Waals surface area contributed by atoms with Gasteiger partial charge in [0.05, 0.1) is 4.90 Å². The van der Waals surface area contributed by atoms with Gasteiger partial charge in [-0.3, -0.25) is 4.79 Å². The van der Waals surface area contributed by atoms with Crippen molar-refractivity contribution >= 4 is 15.9 Å². The third kappa shape index (κ3) is 3.63. The van der Waals surface area contributed by atoms with Crippen LogP contribution in [0.15, 0.2) is 65.1 Å². The zero-order valence-corrected chi connectivity index (χ0v) is 15.2. The van der Waals surface area contributed by atoms with E-state index in [9.17, 15) is 18.3 Å². The second-order valence-electron chi connectivity index (χ2n) is 5.99. The first kappa shape index (κ1) is 18.2. The molecule has 1 amide bonds. The topological polar surface area (TPSA) is 86.7 Å². The average Bonchev–Trinajstić information content (AvgIpc) is 2.68. The van der Waals surface area contributed by atoms with E-state index < -0.39 is 10.0 Å². The van der Waals surface area contributed by atoms with Crippen LogP contribution in [-0.4, -0.2) is 43.9 Å². The van der Waals surface area contributed by atoms with Crippen LogP contribution in [-0.2, 0) is 14.8 Å². The Bertz CT molecular complexity index is 933. The number of hydrogen-bond donors (Lipinski definition) is 2. The minimum atomic E-state index is -3.61. The minimum Gasteiger partial charge on any atom is -0.508 e. The van der Waals surface area contributed by atoms with Crippen LogP contribution >= 0.6 is 0 Å². The van der Waals surface area contributed by atoms with Crippen molar-refractivity contribution in [2.45, 2.75) is 11.3 Å². The molecule has 0 atom stereocenters. The number of rotatable bonds is 4. The van der Waals surface area contributed by atoms with E-state index in [4.69, 9.17) is 0 Å². The van der Waals surface area contributed by atoms with Crippen molar-refractivity contribution in [2.75, 3.05) is 20.1 Å². The molecule has 26 heavy (non-hydrogen) atoms. The molecule has 1 aliphatic heterocycles. The lowest BCUT2D eigenvalue weighted by Crippen LogP contribution is -2.37. The van der Waals surface area contributed by atoms with Crippen molar-refractivity contribution in [2.24, 2.45) is 0 Å². The quantitative estimate of drug-likeness (QED) is 0.861. The van der Waals surface area contributed by atoms with Gasteiger partial charge in [0.15, 0.2) is 0 Å². The summed E-state index contributed by atoms with van der Waals surface area (Å²) >= 11 is 0. The number of sulfonamides is 1. The van der Waals surface area contributed by atoms with E-state index in [2.05, 4.69) is 5.32 Å². The first-order chi connectivity index (χ1) is 12.4. The maximum absolute atomic E-state index is 12.8. The number of likely N-dealkylation sites (N-methyl/N-ethyl adjacent to an activating group) is 1. The third-order valence-corrected chi connectivity index (χ3v) is 6.26. The van der Waals surface area contributed by atoms with Gasteiger partial charge in [0.2, 0.25) is 15.9 Å². The molecular formula is C19H20N2O4S. The summed E-state index contributed by atoms with van der Waals surface area (Å²) in [7, 11) is -2.05. The Morgan fingerprint density at radius 1 is 1.04 bits per heavy atom. The van der Waals surface area contributed by atoms with E-state index in [1.807, 2.05) is 0 Å². The molecule has 0 fully saturated rings. The predicted octanol–water partition coefficient (Wildman–Crippen LogP) is 2.13. The molecule has 0 saturated carbocycles. The van der Waals surface area contributed by atoms with Crippen LogP contribution in [0.1, 0.15) is 6.42 Å². The molecule has 136 valence electrons. The van der Waals surface area contributed by atoms with Gasteiger partial charge in [0.1, 0.15) is 5.75 Å². The fraction of sp³-hybridized carbons (Fsp3) is 0.211. The molecular weight excluding hydrogens is 352 g/mol. The molecule has 3 rings (SSSR count). The molecule has 0 radical (unpaired) electrons. The van der Waals surface area contributed by atoms with Crippen molar-refractivity contribution in [3.63, 3.8) is 0 Å². The monoisotopic (exact) mass is 372 g/mol. The molecule has 0 aliphatic carbocycles. The lowest BCUT2D eigenvalue weighted by atomic mass is 10.1. The summed E-state index contributed by atoms with van der Waals surface area (Å²) in [5.41, 5.74) is 2.37. The molecule has 6 nitrogen and oxygen atoms in total. The van der Waals surface area contributed by atoms with Crippen LogP contribution in [0, 0.1) is 0 Å². The van der Waals surface area contributed by atoms with Crippen molar-refractivity contribution < 1.29 is 18.3 Å². The Kier molecular flexibility index (Phi) is 5.11. The summed E-state index contributed by atoms with van der Waals surface area (Å²) < 4.78 is 26.9. The van der Waals surface area contributed by atoms with E-state index in [0.717, 1.165) is 11.1 Å². The predicted molar refractivity (Wildman–Crippen MR) is 99.1 cm³/mol. The zero-order chi connectivity index (χ0) is 18.7. The number of amides is 1. The van der Waals surface area contributed by atoms with Gasteiger partial charge in [0.25, 0.3) is 0 Å². The lowest BCUT2D eigenvalue weighted by Gasteiger charge is -2.25. The van der Waals surface area contributed by atoms with Gasteiger partial charge in [-0.15, -0.1) is 0 Å². The normalized spacial score (nSPS) is 15.3. The van der Waals surface area contributed by atoms with E-state index in [1.54, 1.807) is 61.7 Å². The van der Waals surface area contributed by atoms with Gasteiger partial charge in [-0.1, -0.05) is 30.3 Å². The maximum Gasteiger partial charge on any atom is 0.246 e. The number of phenols is 1. The highest BCUT2D eigenvalue weighted by atomic mass is 32.2. The van der Waals surface area contributed by atoms with Crippen molar-refractivity contribution in [1.29, 1.82) is 0 Å². The second-order valence-corrected chi connectivity index (χ2v) is 7.93. The van der Waals surface area contributed by atoms with E-state index in [0.29, 0.717) is 12.0 Å². The molecule has 1 aliphatic rings. The molecule has 2 N–H and O–H groups in total. The molecule has 2 aromatic rings. The molecule has 0 unspecified atom stereocenters. The first-order valence-electron chi connectivity index (χ1n) is 8.22. The van der Waals surface area contributed by atoms with Crippen LogP contribution < -0.4 is 5.32 Å². The highest BCUT2D eigenvalue weighted by Crippen LogP contribution is 2.25. The van der Waals surface area contributed by atoms with Gasteiger partial charge in [-0.25, -0.2) is 8.42 Å². The minimum absolute atomic E-state index is 0.166. The molecule has 0 bridgehead atoms. The first-order valence-corrected chi connectivity index (χ1v) is 9.66. The summed E-state index contributed by atoms with van der Waals surface area (Å²) in [5, 5.41) is 11.9. The lowest BCUT2D eigenvalue weighted by molar-refractivity contribution is -0.117. The van der Waals surface area contributed by atoms with Gasteiger partial charge < -0.3 is 10.4 Å². The number of benzene rings is 2. The number of nitrogens with zero attached hydrogens (tertiary/aromatic N) is 1. The molecule has 0 aromatic heterocycles. The van der Waals surface area contributed by atoms with E-state index >= 15 is 0 Å². The smallest absolute Gasteiger partial charge is 0.246 e.